The molecule has 0 bridgehead atoms. The molecule has 0 amide bonds. The summed E-state index contributed by atoms with van der Waals surface area (Å²) in [5.74, 6) is -3.63. The molecule has 1 heterocycles. The van der Waals surface area contributed by atoms with E-state index in [4.69, 9.17) is 19.9 Å². The molecule has 3 rings (SSSR count). The third-order valence-electron chi connectivity index (χ3n) is 4.37. The van der Waals surface area contributed by atoms with Gasteiger partial charge in [0.25, 0.3) is 0 Å². The smallest absolute Gasteiger partial charge is 0.339 e. The lowest BCUT2D eigenvalue weighted by Gasteiger charge is -2.30. The van der Waals surface area contributed by atoms with E-state index in [1.807, 2.05) is 36.4 Å². The second-order valence-corrected chi connectivity index (χ2v) is 5.68. The minimum atomic E-state index is -1.29. The Morgan fingerprint density at radius 3 is 2.58 bits per heavy atom. The monoisotopic (exact) mass is 352 g/mol. The zero-order valence-electron chi connectivity index (χ0n) is 14.2. The van der Waals surface area contributed by atoms with Gasteiger partial charge in [-0.15, -0.1) is 0 Å². The number of hydrogen-bond acceptors (Lipinski definition) is 7. The van der Waals surface area contributed by atoms with Crippen LogP contribution in [0.1, 0.15) is 11.5 Å². The molecule has 2 aromatic rings. The van der Waals surface area contributed by atoms with Crippen molar-refractivity contribution in [2.24, 2.45) is 11.7 Å². The van der Waals surface area contributed by atoms with Crippen LogP contribution in [-0.2, 0) is 19.1 Å². The minimum Gasteiger partial charge on any atom is -0.468 e. The van der Waals surface area contributed by atoms with Crippen LogP contribution in [0.2, 0.25) is 0 Å². The summed E-state index contributed by atoms with van der Waals surface area (Å²) >= 11 is 0. The average Bonchev–Trinajstić information content (AvgIpc) is 2.67. The Hall–Kier alpha value is -3.53. The van der Waals surface area contributed by atoms with Crippen molar-refractivity contribution < 1.29 is 23.8 Å². The highest BCUT2D eigenvalue weighted by molar-refractivity contribution is 5.97. The lowest BCUT2D eigenvalue weighted by atomic mass is 9.77. The van der Waals surface area contributed by atoms with Crippen molar-refractivity contribution in [1.29, 1.82) is 5.26 Å². The van der Waals surface area contributed by atoms with Crippen LogP contribution >= 0.6 is 0 Å². The van der Waals surface area contributed by atoms with E-state index < -0.39 is 23.8 Å². The van der Waals surface area contributed by atoms with E-state index in [1.165, 1.54) is 14.2 Å². The number of nitrogens with zero attached hydrogens (tertiary/aromatic N) is 1. The van der Waals surface area contributed by atoms with Crippen molar-refractivity contribution in [2.45, 2.75) is 5.92 Å². The van der Waals surface area contributed by atoms with Gasteiger partial charge in [0.1, 0.15) is 11.3 Å². The molecule has 0 spiro atoms. The third kappa shape index (κ3) is 2.62. The number of methoxy groups -OCH3 is 2. The molecule has 0 aromatic heterocycles. The molecule has 0 aliphatic carbocycles. The van der Waals surface area contributed by atoms with Gasteiger partial charge in [-0.2, -0.15) is 5.26 Å². The largest absolute Gasteiger partial charge is 0.468 e. The first-order chi connectivity index (χ1) is 12.5. The molecule has 2 unspecified atom stereocenters. The van der Waals surface area contributed by atoms with Crippen LogP contribution in [0, 0.1) is 17.2 Å². The fourth-order valence-electron chi connectivity index (χ4n) is 3.22. The summed E-state index contributed by atoms with van der Waals surface area (Å²) in [4.78, 5) is 24.6. The van der Waals surface area contributed by atoms with E-state index in [-0.39, 0.29) is 11.5 Å². The van der Waals surface area contributed by atoms with E-state index >= 15 is 0 Å². The van der Waals surface area contributed by atoms with Crippen molar-refractivity contribution >= 4 is 22.7 Å². The zero-order chi connectivity index (χ0) is 18.8. The first kappa shape index (κ1) is 17.3. The number of hydrogen-bond donors (Lipinski definition) is 1. The molecule has 0 saturated carbocycles. The first-order valence-electron chi connectivity index (χ1n) is 7.78. The van der Waals surface area contributed by atoms with E-state index in [1.54, 1.807) is 6.07 Å². The van der Waals surface area contributed by atoms with E-state index in [2.05, 4.69) is 0 Å². The number of benzene rings is 2. The van der Waals surface area contributed by atoms with Crippen LogP contribution in [0.3, 0.4) is 0 Å². The number of nitriles is 1. The first-order valence-corrected chi connectivity index (χ1v) is 7.78. The van der Waals surface area contributed by atoms with Crippen LogP contribution in [0.15, 0.2) is 47.9 Å². The van der Waals surface area contributed by atoms with Crippen LogP contribution in [0.4, 0.5) is 0 Å². The van der Waals surface area contributed by atoms with E-state index in [0.717, 1.165) is 10.8 Å². The predicted molar refractivity (Wildman–Crippen MR) is 91.7 cm³/mol. The zero-order valence-corrected chi connectivity index (χ0v) is 14.2. The molecule has 7 heteroatoms. The van der Waals surface area contributed by atoms with Crippen LogP contribution in [0.25, 0.3) is 10.8 Å². The molecule has 2 aromatic carbocycles. The van der Waals surface area contributed by atoms with E-state index in [9.17, 15) is 14.9 Å². The molecule has 7 nitrogen and oxygen atoms in total. The summed E-state index contributed by atoms with van der Waals surface area (Å²) in [5.41, 5.74) is 6.38. The van der Waals surface area contributed by atoms with Gasteiger partial charge >= 0.3 is 11.9 Å². The van der Waals surface area contributed by atoms with Gasteiger partial charge < -0.3 is 19.9 Å². The van der Waals surface area contributed by atoms with Crippen molar-refractivity contribution in [3.05, 3.63) is 53.4 Å². The van der Waals surface area contributed by atoms with Gasteiger partial charge in [-0.1, -0.05) is 30.3 Å². The Morgan fingerprint density at radius 1 is 1.19 bits per heavy atom. The van der Waals surface area contributed by atoms with Gasteiger partial charge in [-0.3, -0.25) is 4.79 Å². The molecule has 0 fully saturated rings. The highest BCUT2D eigenvalue weighted by Gasteiger charge is 2.43. The summed E-state index contributed by atoms with van der Waals surface area (Å²) in [7, 11) is 2.37. The van der Waals surface area contributed by atoms with Crippen molar-refractivity contribution in [2.75, 3.05) is 14.2 Å². The Morgan fingerprint density at radius 2 is 1.92 bits per heavy atom. The Balaban J connectivity index is 2.35. The quantitative estimate of drug-likeness (QED) is 0.841. The highest BCUT2D eigenvalue weighted by atomic mass is 16.5. The maximum Gasteiger partial charge on any atom is 0.339 e. The molecule has 26 heavy (non-hydrogen) atoms. The summed E-state index contributed by atoms with van der Waals surface area (Å²) in [6, 6.07) is 12.8. The van der Waals surface area contributed by atoms with Gasteiger partial charge in [0.2, 0.25) is 5.88 Å². The van der Waals surface area contributed by atoms with Gasteiger partial charge in [0, 0.05) is 5.56 Å². The highest BCUT2D eigenvalue weighted by Crippen LogP contribution is 2.46. The van der Waals surface area contributed by atoms with Crippen molar-refractivity contribution in [3.8, 4) is 11.8 Å². The number of fused-ring (bicyclic) bond motifs is 3. The number of rotatable bonds is 3. The van der Waals surface area contributed by atoms with Crippen molar-refractivity contribution in [3.63, 3.8) is 0 Å². The SMILES string of the molecule is COC(=O)C1=C(N)Oc2ccc3ccccc3c2C1C(C#N)C(=O)OC. The lowest BCUT2D eigenvalue weighted by Crippen LogP contribution is -2.33. The maximum absolute atomic E-state index is 12.4. The van der Waals surface area contributed by atoms with Crippen LogP contribution in [-0.4, -0.2) is 26.2 Å². The van der Waals surface area contributed by atoms with Crippen LogP contribution in [0.5, 0.6) is 5.75 Å². The van der Waals surface area contributed by atoms with Crippen molar-refractivity contribution in [1.82, 2.24) is 0 Å². The summed E-state index contributed by atoms with van der Waals surface area (Å²) in [5, 5.41) is 11.2. The predicted octanol–water partition coefficient (Wildman–Crippen LogP) is 1.97. The van der Waals surface area contributed by atoms with Gasteiger partial charge in [0.05, 0.1) is 26.2 Å². The fourth-order valence-corrected chi connectivity index (χ4v) is 3.22. The normalized spacial score (nSPS) is 16.9. The standard InChI is InChI=1S/C19H16N2O5/c1-24-18(22)12(9-20)15-14-11-6-4-3-5-10(11)7-8-13(14)26-17(21)16(15)19(23)25-2/h3-8,12,15H,21H2,1-2H3. The fraction of sp³-hybridized carbons (Fsp3) is 0.211. The molecular weight excluding hydrogens is 336 g/mol. The van der Waals surface area contributed by atoms with Crippen LogP contribution < -0.4 is 10.5 Å². The Bertz CT molecular complexity index is 974. The Kier molecular flexibility index (Phi) is 4.50. The molecule has 1 aliphatic heterocycles. The Labute approximate surface area is 149 Å². The molecular formula is C19H16N2O5. The molecule has 2 N–H and O–H groups in total. The molecule has 132 valence electrons. The molecule has 2 atom stereocenters. The number of carbonyl (C=O) groups is 2. The van der Waals surface area contributed by atoms with Gasteiger partial charge in [-0.05, 0) is 16.8 Å². The summed E-state index contributed by atoms with van der Waals surface area (Å²) in [6.07, 6.45) is 0. The maximum atomic E-state index is 12.4. The topological polar surface area (TPSA) is 112 Å². The van der Waals surface area contributed by atoms with Gasteiger partial charge in [-0.25, -0.2) is 4.79 Å². The number of ether oxygens (including phenoxy) is 3. The number of carbonyl (C=O) groups excluding carboxylic acids is 2. The number of esters is 2. The molecule has 0 saturated heterocycles. The van der Waals surface area contributed by atoms with Gasteiger partial charge in [0.15, 0.2) is 5.92 Å². The second-order valence-electron chi connectivity index (χ2n) is 5.68. The minimum absolute atomic E-state index is 0.0756. The third-order valence-corrected chi connectivity index (χ3v) is 4.37. The second kappa shape index (κ2) is 6.76. The lowest BCUT2D eigenvalue weighted by molar-refractivity contribution is -0.144. The number of nitrogens with two attached hydrogens (primary N) is 1. The molecule has 1 aliphatic rings. The average molecular weight is 352 g/mol. The summed E-state index contributed by atoms with van der Waals surface area (Å²) in [6.45, 7) is 0. The van der Waals surface area contributed by atoms with E-state index in [0.29, 0.717) is 11.3 Å². The summed E-state index contributed by atoms with van der Waals surface area (Å²) < 4.78 is 15.2. The molecule has 0 radical (unpaired) electrons.